The zero-order valence-corrected chi connectivity index (χ0v) is 20.4. The third kappa shape index (κ3) is 7.25. The first-order chi connectivity index (χ1) is 17.2. The zero-order valence-electron chi connectivity index (χ0n) is 19.6. The van der Waals surface area contributed by atoms with Crippen molar-refractivity contribution in [1.29, 1.82) is 0 Å². The molecule has 0 aromatic heterocycles. The van der Waals surface area contributed by atoms with Gasteiger partial charge in [0.1, 0.15) is 11.5 Å². The minimum Gasteiger partial charge on any atom is -0.494 e. The van der Waals surface area contributed by atoms with Crippen LogP contribution in [0.15, 0.2) is 82.8 Å². The van der Waals surface area contributed by atoms with Crippen molar-refractivity contribution in [2.24, 2.45) is 5.10 Å². The van der Waals surface area contributed by atoms with E-state index in [-0.39, 0.29) is 21.9 Å². The molecule has 8 nitrogen and oxygen atoms in total. The van der Waals surface area contributed by atoms with Gasteiger partial charge >= 0.3 is 6.61 Å². The molecule has 3 aromatic rings. The highest BCUT2D eigenvalue weighted by molar-refractivity contribution is 7.92. The highest BCUT2D eigenvalue weighted by atomic mass is 32.2. The Kier molecular flexibility index (Phi) is 8.96. The van der Waals surface area contributed by atoms with Crippen LogP contribution in [0.2, 0.25) is 0 Å². The predicted octanol–water partition coefficient (Wildman–Crippen LogP) is 5.03. The van der Waals surface area contributed by atoms with Crippen LogP contribution in [0.25, 0.3) is 0 Å². The molecular formula is C25H25F2N3O5S. The van der Waals surface area contributed by atoms with Crippen LogP contribution in [0.4, 0.5) is 14.5 Å². The summed E-state index contributed by atoms with van der Waals surface area (Å²) in [4.78, 5) is 12.6. The van der Waals surface area contributed by atoms with Crippen LogP contribution >= 0.6 is 0 Å². The van der Waals surface area contributed by atoms with E-state index in [0.717, 1.165) is 0 Å². The molecule has 0 bridgehead atoms. The Morgan fingerprint density at radius 2 is 1.47 bits per heavy atom. The normalized spacial score (nSPS) is 11.8. The number of sulfonamides is 1. The maximum Gasteiger partial charge on any atom is 0.387 e. The van der Waals surface area contributed by atoms with Crippen LogP contribution < -0.4 is 19.6 Å². The lowest BCUT2D eigenvalue weighted by atomic mass is 10.1. The van der Waals surface area contributed by atoms with Crippen LogP contribution in [-0.2, 0) is 10.0 Å². The molecule has 0 saturated heterocycles. The Bertz CT molecular complexity index is 1300. The van der Waals surface area contributed by atoms with E-state index < -0.39 is 22.5 Å². The summed E-state index contributed by atoms with van der Waals surface area (Å²) < 4.78 is 62.0. The zero-order chi connectivity index (χ0) is 26.1. The lowest BCUT2D eigenvalue weighted by Crippen LogP contribution is -2.20. The number of carbonyl (C=O) groups excluding carboxylic acids is 1. The van der Waals surface area contributed by atoms with Crippen LogP contribution in [0.3, 0.4) is 0 Å². The first-order valence-corrected chi connectivity index (χ1v) is 12.5. The number of halogens is 2. The van der Waals surface area contributed by atoms with Crippen molar-refractivity contribution in [1.82, 2.24) is 5.43 Å². The number of rotatable bonds is 11. The van der Waals surface area contributed by atoms with Crippen LogP contribution in [-0.4, -0.2) is 33.3 Å². The third-order valence-corrected chi connectivity index (χ3v) is 6.28. The van der Waals surface area contributed by atoms with Gasteiger partial charge in [-0.25, -0.2) is 13.8 Å². The first-order valence-electron chi connectivity index (χ1n) is 11.0. The smallest absolute Gasteiger partial charge is 0.387 e. The number of nitrogens with zero attached hydrogens (tertiary/aromatic N) is 1. The van der Waals surface area contributed by atoms with Crippen molar-refractivity contribution in [2.45, 2.75) is 31.8 Å². The number of ether oxygens (including phenoxy) is 2. The molecule has 0 aliphatic rings. The molecule has 0 saturated carbocycles. The average molecular weight is 518 g/mol. The van der Waals surface area contributed by atoms with E-state index in [0.29, 0.717) is 30.1 Å². The van der Waals surface area contributed by atoms with Gasteiger partial charge in [-0.1, -0.05) is 6.92 Å². The summed E-state index contributed by atoms with van der Waals surface area (Å²) in [5, 5.41) is 4.13. The van der Waals surface area contributed by atoms with Gasteiger partial charge in [-0.3, -0.25) is 9.52 Å². The quantitative estimate of drug-likeness (QED) is 0.274. The Hall–Kier alpha value is -3.99. The first kappa shape index (κ1) is 26.6. The van der Waals surface area contributed by atoms with E-state index in [9.17, 15) is 22.0 Å². The molecule has 0 spiro atoms. The number of hydrogen-bond acceptors (Lipinski definition) is 6. The van der Waals surface area contributed by atoms with E-state index in [1.165, 1.54) is 48.5 Å². The monoisotopic (exact) mass is 517 g/mol. The summed E-state index contributed by atoms with van der Waals surface area (Å²) in [6.45, 7) is 1.23. The molecule has 36 heavy (non-hydrogen) atoms. The van der Waals surface area contributed by atoms with Crippen molar-refractivity contribution in [2.75, 3.05) is 11.3 Å². The van der Waals surface area contributed by atoms with Gasteiger partial charge in [-0.2, -0.15) is 13.9 Å². The summed E-state index contributed by atoms with van der Waals surface area (Å²) in [5.41, 5.74) is 4.17. The van der Waals surface area contributed by atoms with Crippen molar-refractivity contribution >= 4 is 27.3 Å². The van der Waals surface area contributed by atoms with Crippen molar-refractivity contribution in [3.63, 3.8) is 0 Å². The SMILES string of the molecule is CCOc1ccc(S(=O)(=O)Nc2ccc(C(=O)N/N=C(\CC)c3ccc(OC(F)F)cc3)cc2)cc1. The fourth-order valence-corrected chi connectivity index (χ4v) is 4.20. The second kappa shape index (κ2) is 12.1. The number of benzene rings is 3. The average Bonchev–Trinajstić information content (AvgIpc) is 2.85. The fourth-order valence-electron chi connectivity index (χ4n) is 3.14. The third-order valence-electron chi connectivity index (χ3n) is 4.88. The molecule has 2 N–H and O–H groups in total. The van der Waals surface area contributed by atoms with Gasteiger partial charge in [-0.15, -0.1) is 0 Å². The highest BCUT2D eigenvalue weighted by Crippen LogP contribution is 2.20. The second-order valence-corrected chi connectivity index (χ2v) is 9.03. The minimum atomic E-state index is -3.82. The number of alkyl halides is 2. The molecule has 0 atom stereocenters. The van der Waals surface area contributed by atoms with E-state index in [2.05, 4.69) is 20.0 Å². The largest absolute Gasteiger partial charge is 0.494 e. The standard InChI is InChI=1S/C25H25F2N3O5S/c1-3-23(17-7-11-21(12-8-17)35-25(26)27)28-29-24(31)18-5-9-19(10-6-18)30-36(32,33)22-15-13-20(14-16-22)34-4-2/h5-16,25,30H,3-4H2,1-2H3,(H,29,31)/b28-23+. The number of hydrazone groups is 1. The Morgan fingerprint density at radius 1 is 0.889 bits per heavy atom. The number of nitrogens with one attached hydrogen (secondary N) is 2. The van der Waals surface area contributed by atoms with Gasteiger partial charge in [-0.05, 0) is 91.7 Å². The Balaban J connectivity index is 1.64. The summed E-state index contributed by atoms with van der Waals surface area (Å²) in [7, 11) is -3.82. The van der Waals surface area contributed by atoms with Crippen molar-refractivity contribution in [3.8, 4) is 11.5 Å². The maximum atomic E-state index is 12.6. The maximum absolute atomic E-state index is 12.6. The number of amides is 1. The molecule has 190 valence electrons. The van der Waals surface area contributed by atoms with Gasteiger partial charge in [0.2, 0.25) is 0 Å². The van der Waals surface area contributed by atoms with Gasteiger partial charge < -0.3 is 9.47 Å². The molecule has 3 rings (SSSR count). The summed E-state index contributed by atoms with van der Waals surface area (Å²) in [5.74, 6) is 0.0875. The van der Waals surface area contributed by atoms with Crippen LogP contribution in [0, 0.1) is 0 Å². The second-order valence-electron chi connectivity index (χ2n) is 7.34. The van der Waals surface area contributed by atoms with E-state index in [1.54, 1.807) is 24.3 Å². The van der Waals surface area contributed by atoms with Crippen LogP contribution in [0.5, 0.6) is 11.5 Å². The summed E-state index contributed by atoms with van der Waals surface area (Å²) in [6.07, 6.45) is 0.474. The lowest BCUT2D eigenvalue weighted by molar-refractivity contribution is -0.0498. The molecule has 0 radical (unpaired) electrons. The summed E-state index contributed by atoms with van der Waals surface area (Å²) >= 11 is 0. The minimum absolute atomic E-state index is 0.0199. The molecular weight excluding hydrogens is 492 g/mol. The van der Waals surface area contributed by atoms with Crippen molar-refractivity contribution in [3.05, 3.63) is 83.9 Å². The number of carbonyl (C=O) groups is 1. The van der Waals surface area contributed by atoms with Gasteiger partial charge in [0.25, 0.3) is 15.9 Å². The van der Waals surface area contributed by atoms with Gasteiger partial charge in [0.05, 0.1) is 17.2 Å². The van der Waals surface area contributed by atoms with E-state index in [1.807, 2.05) is 13.8 Å². The van der Waals surface area contributed by atoms with E-state index in [4.69, 9.17) is 4.74 Å². The van der Waals surface area contributed by atoms with Gasteiger partial charge in [0.15, 0.2) is 0 Å². The number of anilines is 1. The highest BCUT2D eigenvalue weighted by Gasteiger charge is 2.15. The molecule has 11 heteroatoms. The number of hydrogen-bond donors (Lipinski definition) is 2. The Labute approximate surface area is 208 Å². The molecule has 0 heterocycles. The van der Waals surface area contributed by atoms with E-state index >= 15 is 0 Å². The fraction of sp³-hybridized carbons (Fsp3) is 0.200. The molecule has 0 aliphatic heterocycles. The molecule has 0 aliphatic carbocycles. The van der Waals surface area contributed by atoms with Crippen LogP contribution in [0.1, 0.15) is 36.2 Å². The van der Waals surface area contributed by atoms with Gasteiger partial charge in [0, 0.05) is 11.3 Å². The topological polar surface area (TPSA) is 106 Å². The molecule has 0 unspecified atom stereocenters. The Morgan fingerprint density at radius 3 is 2.03 bits per heavy atom. The molecule has 0 fully saturated rings. The lowest BCUT2D eigenvalue weighted by Gasteiger charge is -2.10. The molecule has 3 aromatic carbocycles. The molecule has 1 amide bonds. The van der Waals surface area contributed by atoms with Crippen molar-refractivity contribution < 1.29 is 31.5 Å². The summed E-state index contributed by atoms with van der Waals surface area (Å²) in [6, 6.07) is 17.8. The predicted molar refractivity (Wildman–Crippen MR) is 132 cm³/mol.